The highest BCUT2D eigenvalue weighted by Gasteiger charge is 2.07. The quantitative estimate of drug-likeness (QED) is 0.519. The van der Waals surface area contributed by atoms with Crippen LogP contribution >= 0.6 is 0 Å². The van der Waals surface area contributed by atoms with Crippen molar-refractivity contribution < 1.29 is 19.2 Å². The number of amides is 1. The first-order chi connectivity index (χ1) is 11.0. The number of nitro benzene ring substituents is 1. The molecule has 0 aliphatic heterocycles. The second kappa shape index (κ2) is 7.17. The standard InChI is InChI=1S/C16H13FN2O4/c17-13-3-1-2-11(8-13)4-7-16(21)18-10-12-9-14(19(22)23)5-6-15(12)20/h1-9,20H,10H2,(H,18,21)/p-1/b7-4+. The lowest BCUT2D eigenvalue weighted by molar-refractivity contribution is -0.385. The van der Waals surface area contributed by atoms with Crippen LogP contribution in [-0.2, 0) is 11.3 Å². The Morgan fingerprint density at radius 2 is 2.04 bits per heavy atom. The lowest BCUT2D eigenvalue weighted by Crippen LogP contribution is -2.21. The van der Waals surface area contributed by atoms with Gasteiger partial charge >= 0.3 is 0 Å². The van der Waals surface area contributed by atoms with Gasteiger partial charge in [0.05, 0.1) is 4.92 Å². The van der Waals surface area contributed by atoms with Crippen molar-refractivity contribution in [2.24, 2.45) is 0 Å². The maximum Gasteiger partial charge on any atom is 0.269 e. The number of non-ortho nitro benzene ring substituents is 1. The molecule has 0 saturated carbocycles. The molecule has 0 saturated heterocycles. The van der Waals surface area contributed by atoms with E-state index >= 15 is 0 Å². The van der Waals surface area contributed by atoms with E-state index in [1.54, 1.807) is 6.07 Å². The highest BCUT2D eigenvalue weighted by molar-refractivity contribution is 5.91. The zero-order chi connectivity index (χ0) is 16.8. The van der Waals surface area contributed by atoms with Crippen molar-refractivity contribution in [2.75, 3.05) is 0 Å². The van der Waals surface area contributed by atoms with E-state index in [2.05, 4.69) is 5.32 Å². The summed E-state index contributed by atoms with van der Waals surface area (Å²) in [6, 6.07) is 9.01. The maximum atomic E-state index is 13.0. The van der Waals surface area contributed by atoms with Gasteiger partial charge < -0.3 is 10.4 Å². The van der Waals surface area contributed by atoms with Crippen LogP contribution in [0.3, 0.4) is 0 Å². The van der Waals surface area contributed by atoms with E-state index < -0.39 is 22.4 Å². The third kappa shape index (κ3) is 4.63. The Hall–Kier alpha value is -3.22. The van der Waals surface area contributed by atoms with Gasteiger partial charge in [0, 0.05) is 24.8 Å². The van der Waals surface area contributed by atoms with Gasteiger partial charge in [0.15, 0.2) is 0 Å². The summed E-state index contributed by atoms with van der Waals surface area (Å²) >= 11 is 0. The first kappa shape index (κ1) is 16.2. The fourth-order valence-corrected chi connectivity index (χ4v) is 1.84. The summed E-state index contributed by atoms with van der Waals surface area (Å²) in [5, 5.41) is 24.7. The number of carbonyl (C=O) groups excluding carboxylic acids is 1. The number of nitrogens with zero attached hydrogens (tertiary/aromatic N) is 1. The molecular formula is C16H12FN2O4-. The van der Waals surface area contributed by atoms with Crippen LogP contribution in [0.25, 0.3) is 6.08 Å². The normalized spacial score (nSPS) is 10.7. The molecule has 0 bridgehead atoms. The van der Waals surface area contributed by atoms with Crippen LogP contribution in [-0.4, -0.2) is 10.8 Å². The Bertz CT molecular complexity index is 774. The molecule has 0 unspecified atom stereocenters. The van der Waals surface area contributed by atoms with E-state index in [-0.39, 0.29) is 17.8 Å². The first-order valence-corrected chi connectivity index (χ1v) is 6.61. The minimum absolute atomic E-state index is 0.117. The molecule has 0 radical (unpaired) electrons. The number of nitro groups is 1. The number of carbonyl (C=O) groups is 1. The predicted molar refractivity (Wildman–Crippen MR) is 79.8 cm³/mol. The largest absolute Gasteiger partial charge is 0.872 e. The minimum Gasteiger partial charge on any atom is -0.872 e. The molecule has 1 N–H and O–H groups in total. The highest BCUT2D eigenvalue weighted by atomic mass is 19.1. The second-order valence-electron chi connectivity index (χ2n) is 4.66. The molecule has 2 rings (SSSR count). The van der Waals surface area contributed by atoms with Gasteiger partial charge in [-0.05, 0) is 29.3 Å². The Labute approximate surface area is 131 Å². The summed E-state index contributed by atoms with van der Waals surface area (Å²) in [6.45, 7) is -0.132. The van der Waals surface area contributed by atoms with Crippen LogP contribution < -0.4 is 10.4 Å². The third-order valence-corrected chi connectivity index (χ3v) is 2.98. The summed E-state index contributed by atoms with van der Waals surface area (Å²) in [7, 11) is 0. The van der Waals surface area contributed by atoms with Gasteiger partial charge in [-0.2, -0.15) is 0 Å². The molecule has 118 valence electrons. The topological polar surface area (TPSA) is 95.3 Å². The van der Waals surface area contributed by atoms with E-state index in [0.717, 1.165) is 18.2 Å². The molecule has 0 heterocycles. The molecule has 0 atom stereocenters. The van der Waals surface area contributed by atoms with E-state index in [0.29, 0.717) is 5.56 Å². The number of hydrogen-bond acceptors (Lipinski definition) is 4. The fraction of sp³-hybridized carbons (Fsp3) is 0.0625. The Morgan fingerprint density at radius 3 is 2.74 bits per heavy atom. The second-order valence-corrected chi connectivity index (χ2v) is 4.66. The lowest BCUT2D eigenvalue weighted by atomic mass is 10.1. The van der Waals surface area contributed by atoms with Crippen molar-refractivity contribution in [2.45, 2.75) is 6.54 Å². The molecule has 2 aromatic rings. The van der Waals surface area contributed by atoms with Crippen LogP contribution in [0.15, 0.2) is 48.5 Å². The monoisotopic (exact) mass is 315 g/mol. The lowest BCUT2D eigenvalue weighted by Gasteiger charge is -2.12. The van der Waals surface area contributed by atoms with Crippen LogP contribution in [0.1, 0.15) is 11.1 Å². The Balaban J connectivity index is 1.99. The van der Waals surface area contributed by atoms with Crippen molar-refractivity contribution in [1.82, 2.24) is 5.32 Å². The summed E-state index contributed by atoms with van der Waals surface area (Å²) < 4.78 is 13.0. The van der Waals surface area contributed by atoms with Crippen molar-refractivity contribution in [3.63, 3.8) is 0 Å². The number of nitrogens with one attached hydrogen (secondary N) is 1. The molecule has 23 heavy (non-hydrogen) atoms. The van der Waals surface area contributed by atoms with Crippen molar-refractivity contribution in [3.8, 4) is 5.75 Å². The molecule has 0 aromatic heterocycles. The van der Waals surface area contributed by atoms with Crippen LogP contribution in [0.2, 0.25) is 0 Å². The minimum atomic E-state index is -0.616. The summed E-state index contributed by atoms with van der Waals surface area (Å²) in [5.74, 6) is -1.31. The average Bonchev–Trinajstić information content (AvgIpc) is 2.52. The van der Waals surface area contributed by atoms with E-state index in [1.165, 1.54) is 30.4 Å². The Kier molecular flexibility index (Phi) is 5.03. The highest BCUT2D eigenvalue weighted by Crippen LogP contribution is 2.20. The van der Waals surface area contributed by atoms with Gasteiger partial charge in [-0.3, -0.25) is 14.9 Å². The van der Waals surface area contributed by atoms with Gasteiger partial charge in [-0.25, -0.2) is 4.39 Å². The zero-order valence-corrected chi connectivity index (χ0v) is 11.9. The summed E-state index contributed by atoms with van der Waals surface area (Å²) in [4.78, 5) is 21.7. The van der Waals surface area contributed by atoms with Gasteiger partial charge in [0.25, 0.3) is 5.69 Å². The number of benzene rings is 2. The molecule has 7 heteroatoms. The number of rotatable bonds is 5. The van der Waals surface area contributed by atoms with Crippen molar-refractivity contribution in [3.05, 3.63) is 75.6 Å². The Morgan fingerprint density at radius 1 is 1.26 bits per heavy atom. The smallest absolute Gasteiger partial charge is 0.269 e. The fourth-order valence-electron chi connectivity index (χ4n) is 1.84. The van der Waals surface area contributed by atoms with Gasteiger partial charge in [-0.15, -0.1) is 5.75 Å². The SMILES string of the molecule is O=C(/C=C/c1cccc(F)c1)NCc1cc([N+](=O)[O-])ccc1[O-]. The van der Waals surface area contributed by atoms with Gasteiger partial charge in [-0.1, -0.05) is 18.2 Å². The third-order valence-electron chi connectivity index (χ3n) is 2.98. The van der Waals surface area contributed by atoms with E-state index in [4.69, 9.17) is 0 Å². The average molecular weight is 315 g/mol. The molecular weight excluding hydrogens is 303 g/mol. The van der Waals surface area contributed by atoms with Crippen LogP contribution in [0.5, 0.6) is 5.75 Å². The summed E-state index contributed by atoms with van der Waals surface area (Å²) in [5.41, 5.74) is 0.413. The number of halogens is 1. The van der Waals surface area contributed by atoms with Crippen LogP contribution in [0.4, 0.5) is 10.1 Å². The van der Waals surface area contributed by atoms with Crippen LogP contribution in [0, 0.1) is 15.9 Å². The predicted octanol–water partition coefficient (Wildman–Crippen LogP) is 2.14. The molecule has 0 fully saturated rings. The maximum absolute atomic E-state index is 13.0. The molecule has 0 aliphatic rings. The number of hydrogen-bond donors (Lipinski definition) is 1. The zero-order valence-electron chi connectivity index (χ0n) is 11.9. The first-order valence-electron chi connectivity index (χ1n) is 6.61. The molecule has 2 aromatic carbocycles. The summed E-state index contributed by atoms with van der Waals surface area (Å²) in [6.07, 6.45) is 2.61. The molecule has 0 spiro atoms. The van der Waals surface area contributed by atoms with Crippen molar-refractivity contribution in [1.29, 1.82) is 0 Å². The van der Waals surface area contributed by atoms with E-state index in [1.807, 2.05) is 0 Å². The van der Waals surface area contributed by atoms with Gasteiger partial charge in [0.1, 0.15) is 5.82 Å². The van der Waals surface area contributed by atoms with Gasteiger partial charge in [0.2, 0.25) is 5.91 Å². The van der Waals surface area contributed by atoms with Crippen molar-refractivity contribution >= 4 is 17.7 Å². The molecule has 1 amide bonds. The molecule has 6 nitrogen and oxygen atoms in total. The molecule has 0 aliphatic carbocycles. The van der Waals surface area contributed by atoms with E-state index in [9.17, 15) is 24.4 Å².